The summed E-state index contributed by atoms with van der Waals surface area (Å²) in [7, 11) is -7.50. The van der Waals surface area contributed by atoms with Crippen LogP contribution < -0.4 is 4.72 Å². The second kappa shape index (κ2) is 6.35. The van der Waals surface area contributed by atoms with Crippen molar-refractivity contribution in [1.82, 2.24) is 9.03 Å². The standard InChI is InChI=1S/C15H20N2O6S2/c1-10-8-17(9-14(10)15(18)19)25(22,23)13-6-4-12(5-7-13)24(20,21)16-11-2-3-11/h4-7,10-11,14,16H,2-3,8-9H2,1H3,(H,18,19)/t10-,14-/m1/s1. The molecule has 1 aliphatic heterocycles. The van der Waals surface area contributed by atoms with Crippen molar-refractivity contribution in [1.29, 1.82) is 0 Å². The highest BCUT2D eigenvalue weighted by molar-refractivity contribution is 7.89. The number of nitrogens with one attached hydrogen (secondary N) is 1. The number of aliphatic carboxylic acids is 1. The smallest absolute Gasteiger partial charge is 0.308 e. The van der Waals surface area contributed by atoms with Crippen molar-refractivity contribution in [3.05, 3.63) is 24.3 Å². The number of benzene rings is 1. The summed E-state index contributed by atoms with van der Waals surface area (Å²) in [5.41, 5.74) is 0. The summed E-state index contributed by atoms with van der Waals surface area (Å²) in [5.74, 6) is -2.04. The van der Waals surface area contributed by atoms with Gasteiger partial charge < -0.3 is 5.11 Å². The summed E-state index contributed by atoms with van der Waals surface area (Å²) in [4.78, 5) is 11.1. The first-order valence-electron chi connectivity index (χ1n) is 7.96. The predicted molar refractivity (Wildman–Crippen MR) is 88.8 cm³/mol. The van der Waals surface area contributed by atoms with Crippen LogP contribution in [0, 0.1) is 11.8 Å². The first-order valence-corrected chi connectivity index (χ1v) is 10.9. The molecule has 2 atom stereocenters. The van der Waals surface area contributed by atoms with Crippen molar-refractivity contribution < 1.29 is 26.7 Å². The minimum atomic E-state index is -3.86. The third-order valence-electron chi connectivity index (χ3n) is 4.57. The zero-order chi connectivity index (χ0) is 18.4. The lowest BCUT2D eigenvalue weighted by atomic mass is 9.99. The van der Waals surface area contributed by atoms with E-state index in [1.807, 2.05) is 0 Å². The van der Waals surface area contributed by atoms with Crippen molar-refractivity contribution >= 4 is 26.0 Å². The zero-order valence-corrected chi connectivity index (χ0v) is 15.3. The molecular formula is C15H20N2O6S2. The minimum Gasteiger partial charge on any atom is -0.481 e. The number of carbonyl (C=O) groups is 1. The van der Waals surface area contributed by atoms with Crippen LogP contribution in [0.15, 0.2) is 34.1 Å². The Hall–Kier alpha value is -1.49. The number of rotatable bonds is 6. The highest BCUT2D eigenvalue weighted by Crippen LogP contribution is 2.29. The average molecular weight is 388 g/mol. The Labute approximate surface area is 146 Å². The lowest BCUT2D eigenvalue weighted by Crippen LogP contribution is -2.30. The number of hydrogen-bond acceptors (Lipinski definition) is 5. The van der Waals surface area contributed by atoms with Gasteiger partial charge in [0.25, 0.3) is 0 Å². The van der Waals surface area contributed by atoms with Gasteiger partial charge in [0.2, 0.25) is 20.0 Å². The number of carboxylic acid groups (broad SMARTS) is 1. The van der Waals surface area contributed by atoms with E-state index in [-0.39, 0.29) is 34.8 Å². The normalized spacial score (nSPS) is 25.2. The van der Waals surface area contributed by atoms with Gasteiger partial charge in [0.05, 0.1) is 15.7 Å². The largest absolute Gasteiger partial charge is 0.481 e. The van der Waals surface area contributed by atoms with E-state index in [0.29, 0.717) is 0 Å². The lowest BCUT2D eigenvalue weighted by Gasteiger charge is -2.16. The Morgan fingerprint density at radius 2 is 1.64 bits per heavy atom. The molecule has 0 amide bonds. The van der Waals surface area contributed by atoms with Crippen molar-refractivity contribution in [3.63, 3.8) is 0 Å². The molecule has 0 bridgehead atoms. The summed E-state index contributed by atoms with van der Waals surface area (Å²) in [6.07, 6.45) is 1.62. The van der Waals surface area contributed by atoms with E-state index in [1.165, 1.54) is 24.3 Å². The topological polar surface area (TPSA) is 121 Å². The molecule has 0 unspecified atom stereocenters. The Morgan fingerprint density at radius 1 is 1.08 bits per heavy atom. The molecule has 1 saturated heterocycles. The quantitative estimate of drug-likeness (QED) is 0.731. The lowest BCUT2D eigenvalue weighted by molar-refractivity contribution is -0.142. The van der Waals surface area contributed by atoms with Crippen LogP contribution in [0.5, 0.6) is 0 Å². The summed E-state index contributed by atoms with van der Waals surface area (Å²) < 4.78 is 53.3. The van der Waals surface area contributed by atoms with E-state index < -0.39 is 31.9 Å². The molecule has 8 nitrogen and oxygen atoms in total. The van der Waals surface area contributed by atoms with Gasteiger partial charge in [-0.25, -0.2) is 21.6 Å². The van der Waals surface area contributed by atoms with Crippen LogP contribution >= 0.6 is 0 Å². The molecule has 3 rings (SSSR count). The van der Waals surface area contributed by atoms with Crippen LogP contribution in [-0.4, -0.2) is 51.3 Å². The van der Waals surface area contributed by atoms with E-state index in [1.54, 1.807) is 6.92 Å². The summed E-state index contributed by atoms with van der Waals surface area (Å²) in [6.45, 7) is 1.75. The molecule has 1 saturated carbocycles. The third-order valence-corrected chi connectivity index (χ3v) is 7.95. The molecule has 0 aromatic heterocycles. The van der Waals surface area contributed by atoms with Crippen molar-refractivity contribution in [2.24, 2.45) is 11.8 Å². The van der Waals surface area contributed by atoms with Crippen molar-refractivity contribution in [2.75, 3.05) is 13.1 Å². The SMILES string of the molecule is C[C@@H]1CN(S(=O)(=O)c2ccc(S(=O)(=O)NC3CC3)cc2)C[C@H]1C(=O)O. The number of hydrogen-bond donors (Lipinski definition) is 2. The number of carboxylic acids is 1. The van der Waals surface area contributed by atoms with Crippen LogP contribution in [0.2, 0.25) is 0 Å². The summed E-state index contributed by atoms with van der Waals surface area (Å²) >= 11 is 0. The number of sulfonamides is 2. The maximum Gasteiger partial charge on any atom is 0.308 e. The average Bonchev–Trinajstić information content (AvgIpc) is 3.24. The maximum absolute atomic E-state index is 12.7. The molecule has 0 spiro atoms. The molecule has 138 valence electrons. The summed E-state index contributed by atoms with van der Waals surface area (Å²) in [6, 6.07) is 4.97. The van der Waals surface area contributed by atoms with Gasteiger partial charge in [0.1, 0.15) is 0 Å². The van der Waals surface area contributed by atoms with Gasteiger partial charge in [-0.1, -0.05) is 6.92 Å². The van der Waals surface area contributed by atoms with Gasteiger partial charge in [-0.05, 0) is 43.0 Å². The second-order valence-corrected chi connectivity index (χ2v) is 10.3. The highest BCUT2D eigenvalue weighted by Gasteiger charge is 2.40. The molecule has 10 heteroatoms. The Balaban J connectivity index is 1.80. The zero-order valence-electron chi connectivity index (χ0n) is 13.6. The van der Waals surface area contributed by atoms with Crippen LogP contribution in [0.4, 0.5) is 0 Å². The van der Waals surface area contributed by atoms with Crippen LogP contribution in [0.25, 0.3) is 0 Å². The van der Waals surface area contributed by atoms with Gasteiger partial charge in [-0.15, -0.1) is 0 Å². The van der Waals surface area contributed by atoms with Crippen LogP contribution in [0.3, 0.4) is 0 Å². The Kier molecular flexibility index (Phi) is 4.65. The Bertz CT molecular complexity index is 875. The van der Waals surface area contributed by atoms with E-state index >= 15 is 0 Å². The molecule has 1 aliphatic carbocycles. The monoisotopic (exact) mass is 388 g/mol. The van der Waals surface area contributed by atoms with E-state index in [9.17, 15) is 21.6 Å². The van der Waals surface area contributed by atoms with Crippen molar-refractivity contribution in [2.45, 2.75) is 35.6 Å². The molecule has 2 N–H and O–H groups in total. The van der Waals surface area contributed by atoms with Gasteiger partial charge in [-0.2, -0.15) is 4.31 Å². The van der Waals surface area contributed by atoms with Crippen LogP contribution in [-0.2, 0) is 24.8 Å². The molecular weight excluding hydrogens is 368 g/mol. The predicted octanol–water partition coefficient (Wildman–Crippen LogP) is 0.468. The third kappa shape index (κ3) is 3.71. The molecule has 0 radical (unpaired) electrons. The van der Waals surface area contributed by atoms with Gasteiger partial charge in [-0.3, -0.25) is 4.79 Å². The Morgan fingerprint density at radius 3 is 2.12 bits per heavy atom. The molecule has 2 aliphatic rings. The first kappa shape index (κ1) is 18.3. The molecule has 1 aromatic rings. The van der Waals surface area contributed by atoms with E-state index in [4.69, 9.17) is 5.11 Å². The van der Waals surface area contributed by atoms with E-state index in [0.717, 1.165) is 17.1 Å². The second-order valence-electron chi connectivity index (χ2n) is 6.61. The van der Waals surface area contributed by atoms with Crippen molar-refractivity contribution in [3.8, 4) is 0 Å². The van der Waals surface area contributed by atoms with Gasteiger partial charge in [0.15, 0.2) is 0 Å². The first-order chi connectivity index (χ1) is 11.6. The molecule has 1 heterocycles. The fourth-order valence-corrected chi connectivity index (χ4v) is 5.74. The molecule has 2 fully saturated rings. The summed E-state index contributed by atoms with van der Waals surface area (Å²) in [5, 5.41) is 9.15. The molecule has 1 aromatic carbocycles. The fraction of sp³-hybridized carbons (Fsp3) is 0.533. The molecule has 25 heavy (non-hydrogen) atoms. The van der Waals surface area contributed by atoms with E-state index in [2.05, 4.69) is 4.72 Å². The highest BCUT2D eigenvalue weighted by atomic mass is 32.2. The fourth-order valence-electron chi connectivity index (χ4n) is 2.87. The van der Waals surface area contributed by atoms with Gasteiger partial charge >= 0.3 is 5.97 Å². The number of nitrogens with zero attached hydrogens (tertiary/aromatic N) is 1. The van der Waals surface area contributed by atoms with Gasteiger partial charge in [0, 0.05) is 19.1 Å². The van der Waals surface area contributed by atoms with Crippen LogP contribution in [0.1, 0.15) is 19.8 Å². The maximum atomic E-state index is 12.7. The minimum absolute atomic E-state index is 0.0107.